The van der Waals surface area contributed by atoms with E-state index in [9.17, 15) is 12.8 Å². The lowest BCUT2D eigenvalue weighted by atomic mass is 10.2. The Morgan fingerprint density at radius 3 is 2.60 bits per heavy atom. The van der Waals surface area contributed by atoms with E-state index in [4.69, 9.17) is 0 Å². The van der Waals surface area contributed by atoms with Crippen molar-refractivity contribution < 1.29 is 12.8 Å². The zero-order chi connectivity index (χ0) is 18.3. The summed E-state index contributed by atoms with van der Waals surface area (Å²) in [5.74, 6) is 0.197. The third-order valence-corrected chi connectivity index (χ3v) is 4.58. The molecule has 1 aromatic heterocycles. The van der Waals surface area contributed by atoms with Gasteiger partial charge < -0.3 is 10.6 Å². The Hall–Kier alpha value is -2.26. The van der Waals surface area contributed by atoms with Crippen molar-refractivity contribution in [1.82, 2.24) is 14.7 Å². The molecule has 3 N–H and O–H groups in total. The third kappa shape index (κ3) is 6.28. The molecule has 9 heteroatoms. The molecule has 0 spiro atoms. The van der Waals surface area contributed by atoms with Crippen molar-refractivity contribution in [2.24, 2.45) is 0 Å². The molecule has 136 valence electrons. The van der Waals surface area contributed by atoms with Crippen LogP contribution in [0.25, 0.3) is 0 Å². The van der Waals surface area contributed by atoms with Crippen molar-refractivity contribution in [1.29, 1.82) is 0 Å². The lowest BCUT2D eigenvalue weighted by Crippen LogP contribution is -2.30. The summed E-state index contributed by atoms with van der Waals surface area (Å²) < 4.78 is 40.0. The summed E-state index contributed by atoms with van der Waals surface area (Å²) in [6, 6.07) is 7.64. The second-order valence-electron chi connectivity index (χ2n) is 5.42. The van der Waals surface area contributed by atoms with E-state index in [2.05, 4.69) is 25.3 Å². The zero-order valence-corrected chi connectivity index (χ0v) is 15.0. The van der Waals surface area contributed by atoms with Crippen LogP contribution in [-0.4, -0.2) is 38.0 Å². The molecule has 0 aliphatic carbocycles. The van der Waals surface area contributed by atoms with E-state index >= 15 is 0 Å². The summed E-state index contributed by atoms with van der Waals surface area (Å²) in [4.78, 5) is 8.52. The highest BCUT2D eigenvalue weighted by Gasteiger charge is 2.13. The predicted octanol–water partition coefficient (Wildman–Crippen LogP) is 1.89. The molecular weight excluding hydrogens is 345 g/mol. The summed E-state index contributed by atoms with van der Waals surface area (Å²) >= 11 is 0. The molecule has 1 heterocycles. The van der Waals surface area contributed by atoms with Gasteiger partial charge in [-0.15, -0.1) is 0 Å². The monoisotopic (exact) mass is 367 g/mol. The molecule has 1 aromatic carbocycles. The van der Waals surface area contributed by atoms with Crippen LogP contribution >= 0.6 is 0 Å². The number of benzene rings is 1. The van der Waals surface area contributed by atoms with Crippen molar-refractivity contribution in [3.63, 3.8) is 0 Å². The Kier molecular flexibility index (Phi) is 6.65. The van der Waals surface area contributed by atoms with Crippen molar-refractivity contribution in [3.05, 3.63) is 47.4 Å². The number of anilines is 2. The first-order valence-corrected chi connectivity index (χ1v) is 9.59. The van der Waals surface area contributed by atoms with E-state index in [0.717, 1.165) is 12.2 Å². The molecule has 0 fully saturated rings. The molecule has 0 atom stereocenters. The average Bonchev–Trinajstić information content (AvgIpc) is 2.53. The van der Waals surface area contributed by atoms with E-state index < -0.39 is 21.6 Å². The smallest absolute Gasteiger partial charge is 0.224 e. The Morgan fingerprint density at radius 2 is 1.88 bits per heavy atom. The molecule has 0 bridgehead atoms. The standard InChI is InChI=1S/C16H22FN5O2S/c1-3-18-15-10-12(2)21-16(22-15)19-8-9-20-25(23,24)11-13-6-4-5-7-14(13)17/h4-7,10,20H,3,8-9,11H2,1-2H3,(H2,18,19,21,22). The van der Waals surface area contributed by atoms with Crippen LogP contribution < -0.4 is 15.4 Å². The molecule has 2 rings (SSSR count). The second-order valence-corrected chi connectivity index (χ2v) is 7.23. The Labute approximate surface area is 147 Å². The highest BCUT2D eigenvalue weighted by Crippen LogP contribution is 2.10. The Bertz CT molecular complexity index is 814. The van der Waals surface area contributed by atoms with E-state index in [0.29, 0.717) is 18.3 Å². The maximum Gasteiger partial charge on any atom is 0.224 e. The average molecular weight is 367 g/mol. The SMILES string of the molecule is CCNc1cc(C)nc(NCCNS(=O)(=O)Cc2ccccc2F)n1. The number of aromatic nitrogens is 2. The van der Waals surface area contributed by atoms with Gasteiger partial charge >= 0.3 is 0 Å². The summed E-state index contributed by atoms with van der Waals surface area (Å²) in [5, 5.41) is 6.07. The van der Waals surface area contributed by atoms with Crippen LogP contribution in [0.1, 0.15) is 18.2 Å². The van der Waals surface area contributed by atoms with E-state index in [1.54, 1.807) is 6.07 Å². The number of nitrogens with one attached hydrogen (secondary N) is 3. The van der Waals surface area contributed by atoms with Gasteiger partial charge in [0, 0.05) is 37.0 Å². The molecular formula is C16H22FN5O2S. The highest BCUT2D eigenvalue weighted by molar-refractivity contribution is 7.88. The molecule has 0 saturated heterocycles. The number of sulfonamides is 1. The molecule has 0 radical (unpaired) electrons. The van der Waals surface area contributed by atoms with Gasteiger partial charge in [0.15, 0.2) is 0 Å². The minimum Gasteiger partial charge on any atom is -0.370 e. The first-order valence-electron chi connectivity index (χ1n) is 7.94. The summed E-state index contributed by atoms with van der Waals surface area (Å²) in [5.41, 5.74) is 0.939. The van der Waals surface area contributed by atoms with Crippen molar-refractivity contribution in [2.45, 2.75) is 19.6 Å². The fourth-order valence-electron chi connectivity index (χ4n) is 2.17. The molecule has 0 aliphatic heterocycles. The van der Waals surface area contributed by atoms with Crippen LogP contribution in [0, 0.1) is 12.7 Å². The van der Waals surface area contributed by atoms with Gasteiger partial charge in [0.2, 0.25) is 16.0 Å². The number of nitrogens with zero attached hydrogens (tertiary/aromatic N) is 2. The number of halogens is 1. The van der Waals surface area contributed by atoms with Crippen LogP contribution in [0.4, 0.5) is 16.2 Å². The van der Waals surface area contributed by atoms with Crippen molar-refractivity contribution >= 4 is 21.8 Å². The minimum atomic E-state index is -3.62. The number of hydrogen-bond acceptors (Lipinski definition) is 6. The third-order valence-electron chi connectivity index (χ3n) is 3.25. The molecule has 2 aromatic rings. The van der Waals surface area contributed by atoms with Crippen LogP contribution in [0.15, 0.2) is 30.3 Å². The van der Waals surface area contributed by atoms with Gasteiger partial charge in [-0.2, -0.15) is 4.98 Å². The van der Waals surface area contributed by atoms with Crippen LogP contribution in [-0.2, 0) is 15.8 Å². The van der Waals surface area contributed by atoms with E-state index in [-0.39, 0.29) is 12.1 Å². The molecule has 0 amide bonds. The summed E-state index contributed by atoms with van der Waals surface area (Å²) in [6.07, 6.45) is 0. The molecule has 0 aliphatic rings. The van der Waals surface area contributed by atoms with Gasteiger partial charge in [-0.05, 0) is 19.9 Å². The number of hydrogen-bond donors (Lipinski definition) is 3. The molecule has 0 unspecified atom stereocenters. The largest absolute Gasteiger partial charge is 0.370 e. The van der Waals surface area contributed by atoms with Crippen LogP contribution in [0.3, 0.4) is 0 Å². The van der Waals surface area contributed by atoms with Gasteiger partial charge in [0.1, 0.15) is 11.6 Å². The van der Waals surface area contributed by atoms with Gasteiger partial charge in [-0.25, -0.2) is 22.5 Å². The minimum absolute atomic E-state index is 0.139. The Morgan fingerprint density at radius 1 is 1.12 bits per heavy atom. The first-order chi connectivity index (χ1) is 11.9. The number of aryl methyl sites for hydroxylation is 1. The number of rotatable bonds is 9. The van der Waals surface area contributed by atoms with Gasteiger partial charge in [-0.1, -0.05) is 18.2 Å². The van der Waals surface area contributed by atoms with E-state index in [1.807, 2.05) is 19.9 Å². The maximum atomic E-state index is 13.5. The summed E-state index contributed by atoms with van der Waals surface area (Å²) in [6.45, 7) is 5.02. The fourth-order valence-corrected chi connectivity index (χ4v) is 3.33. The van der Waals surface area contributed by atoms with Gasteiger partial charge in [0.25, 0.3) is 0 Å². The highest BCUT2D eigenvalue weighted by atomic mass is 32.2. The maximum absolute atomic E-state index is 13.5. The predicted molar refractivity (Wildman–Crippen MR) is 96.4 cm³/mol. The normalized spacial score (nSPS) is 11.3. The lowest BCUT2D eigenvalue weighted by molar-refractivity contribution is 0.575. The zero-order valence-electron chi connectivity index (χ0n) is 14.2. The Balaban J connectivity index is 1.85. The lowest BCUT2D eigenvalue weighted by Gasteiger charge is -2.10. The quantitative estimate of drug-likeness (QED) is 0.586. The second kappa shape index (κ2) is 8.72. The molecule has 25 heavy (non-hydrogen) atoms. The van der Waals surface area contributed by atoms with Crippen molar-refractivity contribution in [2.75, 3.05) is 30.3 Å². The fraction of sp³-hybridized carbons (Fsp3) is 0.375. The topological polar surface area (TPSA) is 96.0 Å². The van der Waals surface area contributed by atoms with Crippen LogP contribution in [0.2, 0.25) is 0 Å². The van der Waals surface area contributed by atoms with Crippen LogP contribution in [0.5, 0.6) is 0 Å². The molecule has 7 nitrogen and oxygen atoms in total. The van der Waals surface area contributed by atoms with Gasteiger partial charge in [0.05, 0.1) is 5.75 Å². The summed E-state index contributed by atoms with van der Waals surface area (Å²) in [7, 11) is -3.62. The molecule has 0 saturated carbocycles. The van der Waals surface area contributed by atoms with Gasteiger partial charge in [-0.3, -0.25) is 0 Å². The van der Waals surface area contributed by atoms with E-state index in [1.165, 1.54) is 18.2 Å². The first kappa shape index (κ1) is 19.1. The van der Waals surface area contributed by atoms with Crippen molar-refractivity contribution in [3.8, 4) is 0 Å².